The summed E-state index contributed by atoms with van der Waals surface area (Å²) in [6.07, 6.45) is 5.11. The van der Waals surface area contributed by atoms with Crippen LogP contribution in [0.25, 0.3) is 0 Å². The maximum Gasteiger partial charge on any atom is 0.238 e. The lowest BCUT2D eigenvalue weighted by atomic mass is 9.84. The van der Waals surface area contributed by atoms with Gasteiger partial charge in [-0.2, -0.15) is 0 Å². The first-order chi connectivity index (χ1) is 8.77. The number of hydrogen-bond donors (Lipinski definition) is 1. The number of nitrogens with zero attached hydrogens (tertiary/aromatic N) is 1. The summed E-state index contributed by atoms with van der Waals surface area (Å²) in [4.78, 5) is 15.6. The van der Waals surface area contributed by atoms with E-state index < -0.39 is 0 Å². The molecule has 3 unspecified atom stereocenters. The lowest BCUT2D eigenvalue weighted by Gasteiger charge is -2.39. The Morgan fingerprint density at radius 3 is 2.94 bits per heavy atom. The Morgan fingerprint density at radius 1 is 1.39 bits per heavy atom. The maximum atomic E-state index is 12.2. The summed E-state index contributed by atoms with van der Waals surface area (Å²) in [7, 11) is 0. The molecule has 98 valence electrons. The highest BCUT2D eigenvalue weighted by molar-refractivity contribution is 7.10. The number of rotatable bonds is 2. The van der Waals surface area contributed by atoms with E-state index in [9.17, 15) is 4.79 Å². The molecule has 1 aromatic rings. The fourth-order valence-corrected chi connectivity index (χ4v) is 4.09. The Kier molecular flexibility index (Phi) is 3.39. The van der Waals surface area contributed by atoms with Gasteiger partial charge in [-0.15, -0.1) is 11.3 Å². The Morgan fingerprint density at radius 2 is 2.22 bits per heavy atom. The number of carbonyl (C=O) groups excluding carboxylic acids is 1. The molecule has 4 heteroatoms. The van der Waals surface area contributed by atoms with E-state index in [1.54, 1.807) is 11.3 Å². The van der Waals surface area contributed by atoms with Crippen molar-refractivity contribution in [2.24, 2.45) is 5.92 Å². The van der Waals surface area contributed by atoms with Gasteiger partial charge in [0.1, 0.15) is 6.17 Å². The highest BCUT2D eigenvalue weighted by Crippen LogP contribution is 2.35. The molecule has 18 heavy (non-hydrogen) atoms. The van der Waals surface area contributed by atoms with Crippen LogP contribution in [0, 0.1) is 5.92 Å². The van der Waals surface area contributed by atoms with E-state index in [0.717, 1.165) is 6.42 Å². The molecule has 1 aliphatic carbocycles. The Hall–Kier alpha value is -0.870. The van der Waals surface area contributed by atoms with E-state index in [2.05, 4.69) is 34.7 Å². The van der Waals surface area contributed by atoms with Crippen molar-refractivity contribution in [2.45, 2.75) is 44.8 Å². The predicted molar refractivity (Wildman–Crippen MR) is 73.3 cm³/mol. The van der Waals surface area contributed by atoms with Gasteiger partial charge < -0.3 is 4.90 Å². The summed E-state index contributed by atoms with van der Waals surface area (Å²) in [6.45, 7) is 2.78. The molecular formula is C14H20N2OS. The molecule has 1 saturated heterocycles. The number of carbonyl (C=O) groups is 1. The Bertz CT molecular complexity index is 417. The lowest BCUT2D eigenvalue weighted by Crippen LogP contribution is -2.44. The second-order valence-corrected chi connectivity index (χ2v) is 6.41. The molecule has 1 saturated carbocycles. The van der Waals surface area contributed by atoms with Crippen molar-refractivity contribution in [3.8, 4) is 0 Å². The lowest BCUT2D eigenvalue weighted by molar-refractivity contribution is -0.132. The first-order valence-electron chi connectivity index (χ1n) is 6.85. The van der Waals surface area contributed by atoms with Crippen molar-refractivity contribution in [1.82, 2.24) is 10.2 Å². The zero-order chi connectivity index (χ0) is 12.5. The van der Waals surface area contributed by atoms with Crippen LogP contribution in [0.4, 0.5) is 0 Å². The number of amides is 1. The monoisotopic (exact) mass is 264 g/mol. The molecule has 3 atom stereocenters. The summed E-state index contributed by atoms with van der Waals surface area (Å²) in [5.74, 6) is 0.900. The molecule has 2 heterocycles. The summed E-state index contributed by atoms with van der Waals surface area (Å²) in [5, 5.41) is 5.45. The number of thiophene rings is 1. The zero-order valence-electron chi connectivity index (χ0n) is 10.8. The average Bonchev–Trinajstić information content (AvgIpc) is 2.99. The maximum absolute atomic E-state index is 12.2. The molecule has 3 rings (SSSR count). The fraction of sp³-hybridized carbons (Fsp3) is 0.643. The van der Waals surface area contributed by atoms with Crippen molar-refractivity contribution in [3.05, 3.63) is 22.4 Å². The SMILES string of the molecule is CC1CCCCC1N1C(=O)CNC1c1cccs1. The highest BCUT2D eigenvalue weighted by Gasteiger charge is 2.39. The smallest absolute Gasteiger partial charge is 0.238 e. The van der Waals surface area contributed by atoms with Crippen molar-refractivity contribution in [3.63, 3.8) is 0 Å². The van der Waals surface area contributed by atoms with Crippen LogP contribution < -0.4 is 5.32 Å². The second kappa shape index (κ2) is 5.02. The van der Waals surface area contributed by atoms with Gasteiger partial charge in [0.25, 0.3) is 0 Å². The predicted octanol–water partition coefficient (Wildman–Crippen LogP) is 2.76. The van der Waals surface area contributed by atoms with E-state index in [-0.39, 0.29) is 12.1 Å². The minimum Gasteiger partial charge on any atom is -0.318 e. The summed E-state index contributed by atoms with van der Waals surface area (Å²) >= 11 is 1.73. The van der Waals surface area contributed by atoms with Gasteiger partial charge in [-0.05, 0) is 30.2 Å². The normalized spacial score (nSPS) is 33.1. The topological polar surface area (TPSA) is 32.3 Å². The molecule has 1 amide bonds. The van der Waals surface area contributed by atoms with Crippen LogP contribution in [-0.4, -0.2) is 23.4 Å². The van der Waals surface area contributed by atoms with Crippen LogP contribution >= 0.6 is 11.3 Å². The first kappa shape index (κ1) is 12.2. The van der Waals surface area contributed by atoms with Crippen molar-refractivity contribution < 1.29 is 4.79 Å². The van der Waals surface area contributed by atoms with Gasteiger partial charge in [0.05, 0.1) is 6.54 Å². The van der Waals surface area contributed by atoms with E-state index in [1.165, 1.54) is 24.1 Å². The first-order valence-corrected chi connectivity index (χ1v) is 7.73. The minimum atomic E-state index is 0.114. The quantitative estimate of drug-likeness (QED) is 0.891. The van der Waals surface area contributed by atoms with Gasteiger partial charge in [0.15, 0.2) is 0 Å². The minimum absolute atomic E-state index is 0.114. The molecule has 0 bridgehead atoms. The van der Waals surface area contributed by atoms with Gasteiger partial charge in [-0.25, -0.2) is 0 Å². The number of hydrogen-bond acceptors (Lipinski definition) is 3. The molecule has 0 spiro atoms. The molecular weight excluding hydrogens is 244 g/mol. The average molecular weight is 264 g/mol. The summed E-state index contributed by atoms with van der Waals surface area (Å²) < 4.78 is 0. The van der Waals surface area contributed by atoms with Gasteiger partial charge in [-0.3, -0.25) is 10.1 Å². The van der Waals surface area contributed by atoms with Crippen LogP contribution in [0.15, 0.2) is 17.5 Å². The van der Waals surface area contributed by atoms with Crippen molar-refractivity contribution in [1.29, 1.82) is 0 Å². The van der Waals surface area contributed by atoms with Crippen LogP contribution in [0.1, 0.15) is 43.6 Å². The largest absolute Gasteiger partial charge is 0.318 e. The molecule has 1 N–H and O–H groups in total. The van der Waals surface area contributed by atoms with E-state index in [4.69, 9.17) is 0 Å². The van der Waals surface area contributed by atoms with Crippen LogP contribution in [-0.2, 0) is 4.79 Å². The fourth-order valence-electron chi connectivity index (χ4n) is 3.29. The zero-order valence-corrected chi connectivity index (χ0v) is 11.6. The standard InChI is InChI=1S/C14H20N2OS/c1-10-5-2-3-6-11(10)16-13(17)9-15-14(16)12-7-4-8-18-12/h4,7-8,10-11,14-15H,2-3,5-6,9H2,1H3. The highest BCUT2D eigenvalue weighted by atomic mass is 32.1. The third-order valence-corrected chi connectivity index (χ3v) is 5.17. The molecule has 1 aliphatic heterocycles. The molecule has 2 aliphatic rings. The van der Waals surface area contributed by atoms with E-state index in [0.29, 0.717) is 18.5 Å². The van der Waals surface area contributed by atoms with Crippen molar-refractivity contribution >= 4 is 17.2 Å². The molecule has 0 aromatic carbocycles. The van der Waals surface area contributed by atoms with Crippen LogP contribution in [0.5, 0.6) is 0 Å². The van der Waals surface area contributed by atoms with Gasteiger partial charge in [0.2, 0.25) is 5.91 Å². The Balaban J connectivity index is 1.85. The second-order valence-electron chi connectivity index (χ2n) is 5.43. The molecule has 1 aromatic heterocycles. The summed E-state index contributed by atoms with van der Waals surface area (Å²) in [6, 6.07) is 4.61. The van der Waals surface area contributed by atoms with Crippen LogP contribution in [0.3, 0.4) is 0 Å². The van der Waals surface area contributed by atoms with Crippen LogP contribution in [0.2, 0.25) is 0 Å². The molecule has 0 radical (unpaired) electrons. The third-order valence-electron chi connectivity index (χ3n) is 4.25. The van der Waals surface area contributed by atoms with Gasteiger partial charge >= 0.3 is 0 Å². The van der Waals surface area contributed by atoms with E-state index in [1.807, 2.05) is 0 Å². The summed E-state index contributed by atoms with van der Waals surface area (Å²) in [5.41, 5.74) is 0. The van der Waals surface area contributed by atoms with Gasteiger partial charge in [-0.1, -0.05) is 25.8 Å². The van der Waals surface area contributed by atoms with Crippen molar-refractivity contribution in [2.75, 3.05) is 6.54 Å². The molecule has 3 nitrogen and oxygen atoms in total. The van der Waals surface area contributed by atoms with E-state index >= 15 is 0 Å². The molecule has 2 fully saturated rings. The third kappa shape index (κ3) is 2.08. The Labute approximate surface area is 112 Å². The van der Waals surface area contributed by atoms with Gasteiger partial charge in [0, 0.05) is 10.9 Å². The number of nitrogens with one attached hydrogen (secondary N) is 1.